The summed E-state index contributed by atoms with van der Waals surface area (Å²) < 4.78 is 0. The zero-order chi connectivity index (χ0) is 11.6. The molecule has 0 bridgehead atoms. The first-order chi connectivity index (χ1) is 6.85. The average molecular weight is 211 g/mol. The van der Waals surface area contributed by atoms with Crippen molar-refractivity contribution in [3.63, 3.8) is 0 Å². The van der Waals surface area contributed by atoms with Gasteiger partial charge in [0.15, 0.2) is 0 Å². The lowest BCUT2D eigenvalue weighted by molar-refractivity contribution is 0.0903. The largest absolute Gasteiger partial charge is 0.325 e. The number of hydrogen-bond donors (Lipinski definition) is 1. The molecule has 15 heavy (non-hydrogen) atoms. The monoisotopic (exact) mass is 211 g/mol. The van der Waals surface area contributed by atoms with E-state index in [0.717, 1.165) is 23.7 Å². The lowest BCUT2D eigenvalue weighted by atomic mass is 9.63. The van der Waals surface area contributed by atoms with Gasteiger partial charge in [-0.25, -0.2) is 0 Å². The molecule has 1 heteroatoms. The van der Waals surface area contributed by atoms with E-state index in [4.69, 9.17) is 5.73 Å². The number of nitrogens with two attached hydrogens (primary N) is 1. The van der Waals surface area contributed by atoms with Crippen LogP contribution in [0.5, 0.6) is 0 Å². The van der Waals surface area contributed by atoms with Gasteiger partial charge in [0, 0.05) is 5.54 Å². The molecule has 0 aromatic carbocycles. The highest BCUT2D eigenvalue weighted by molar-refractivity contribution is 4.97. The fraction of sp³-hybridized carbons (Fsp3) is 1.00. The molecule has 1 rings (SSSR count). The van der Waals surface area contributed by atoms with E-state index >= 15 is 0 Å². The van der Waals surface area contributed by atoms with Gasteiger partial charge in [-0.3, -0.25) is 0 Å². The molecule has 90 valence electrons. The number of hydrogen-bond acceptors (Lipinski definition) is 1. The Morgan fingerprint density at radius 3 is 2.27 bits per heavy atom. The second-order valence-corrected chi connectivity index (χ2v) is 6.57. The molecule has 1 fully saturated rings. The third kappa shape index (κ3) is 3.21. The molecular weight excluding hydrogens is 182 g/mol. The van der Waals surface area contributed by atoms with Crippen LogP contribution in [0, 0.1) is 23.7 Å². The van der Waals surface area contributed by atoms with Gasteiger partial charge in [-0.2, -0.15) is 0 Å². The molecule has 1 nitrogen and oxygen atoms in total. The highest BCUT2D eigenvalue weighted by Gasteiger charge is 2.41. The predicted molar refractivity (Wildman–Crippen MR) is 67.7 cm³/mol. The highest BCUT2D eigenvalue weighted by atomic mass is 14.8. The summed E-state index contributed by atoms with van der Waals surface area (Å²) in [6, 6.07) is 0. The molecule has 3 atom stereocenters. The Labute approximate surface area is 95.8 Å². The summed E-state index contributed by atoms with van der Waals surface area (Å²) in [4.78, 5) is 0. The standard InChI is InChI=1S/C14H29N/c1-10(2)8-14(15)9-12(5)6-7-13(14)11(3)4/h10-13H,6-9,15H2,1-5H3. The summed E-state index contributed by atoms with van der Waals surface area (Å²) >= 11 is 0. The SMILES string of the molecule is CC(C)CC1(N)CC(C)CCC1C(C)C. The second kappa shape index (κ2) is 4.86. The van der Waals surface area contributed by atoms with E-state index in [2.05, 4.69) is 34.6 Å². The van der Waals surface area contributed by atoms with Crippen LogP contribution < -0.4 is 5.73 Å². The third-order valence-corrected chi connectivity index (χ3v) is 4.03. The van der Waals surface area contributed by atoms with E-state index in [-0.39, 0.29) is 5.54 Å². The van der Waals surface area contributed by atoms with Gasteiger partial charge in [-0.1, -0.05) is 41.0 Å². The molecule has 0 radical (unpaired) electrons. The molecule has 1 saturated carbocycles. The molecule has 0 aromatic heterocycles. The third-order valence-electron chi connectivity index (χ3n) is 4.03. The van der Waals surface area contributed by atoms with Crippen molar-refractivity contribution in [3.05, 3.63) is 0 Å². The molecule has 0 spiro atoms. The maximum atomic E-state index is 6.70. The Morgan fingerprint density at radius 2 is 1.80 bits per heavy atom. The maximum Gasteiger partial charge on any atom is 0.0190 e. The molecule has 0 aromatic rings. The van der Waals surface area contributed by atoms with Crippen LogP contribution in [0.1, 0.15) is 60.3 Å². The quantitative estimate of drug-likeness (QED) is 0.754. The summed E-state index contributed by atoms with van der Waals surface area (Å²) in [6.07, 6.45) is 5.14. The van der Waals surface area contributed by atoms with Gasteiger partial charge in [0.2, 0.25) is 0 Å². The van der Waals surface area contributed by atoms with Gasteiger partial charge >= 0.3 is 0 Å². The first-order valence-electron chi connectivity index (χ1n) is 6.64. The van der Waals surface area contributed by atoms with Crippen LogP contribution in [0.3, 0.4) is 0 Å². The van der Waals surface area contributed by atoms with E-state index in [1.807, 2.05) is 0 Å². The van der Waals surface area contributed by atoms with Crippen LogP contribution in [0.4, 0.5) is 0 Å². The number of rotatable bonds is 3. The van der Waals surface area contributed by atoms with Gasteiger partial charge in [0.1, 0.15) is 0 Å². The molecular formula is C14H29N. The van der Waals surface area contributed by atoms with E-state index in [0.29, 0.717) is 0 Å². The zero-order valence-corrected chi connectivity index (χ0v) is 11.2. The van der Waals surface area contributed by atoms with Gasteiger partial charge in [0.25, 0.3) is 0 Å². The minimum absolute atomic E-state index is 0.111. The van der Waals surface area contributed by atoms with Crippen molar-refractivity contribution >= 4 is 0 Å². The zero-order valence-electron chi connectivity index (χ0n) is 11.2. The first kappa shape index (κ1) is 13.0. The van der Waals surface area contributed by atoms with Crippen molar-refractivity contribution in [3.8, 4) is 0 Å². The van der Waals surface area contributed by atoms with Crippen molar-refractivity contribution in [2.24, 2.45) is 29.4 Å². The molecule has 2 N–H and O–H groups in total. The molecule has 0 aliphatic heterocycles. The molecule has 1 aliphatic rings. The van der Waals surface area contributed by atoms with Crippen LogP contribution >= 0.6 is 0 Å². The van der Waals surface area contributed by atoms with E-state index in [1.165, 1.54) is 25.7 Å². The molecule has 0 heterocycles. The highest BCUT2D eigenvalue weighted by Crippen LogP contribution is 2.42. The first-order valence-corrected chi connectivity index (χ1v) is 6.64. The topological polar surface area (TPSA) is 26.0 Å². The lowest BCUT2D eigenvalue weighted by Gasteiger charge is -2.47. The fourth-order valence-electron chi connectivity index (χ4n) is 3.65. The minimum atomic E-state index is 0.111. The Morgan fingerprint density at radius 1 is 1.20 bits per heavy atom. The summed E-state index contributed by atoms with van der Waals surface area (Å²) in [5, 5.41) is 0. The fourth-order valence-corrected chi connectivity index (χ4v) is 3.65. The molecule has 1 aliphatic carbocycles. The van der Waals surface area contributed by atoms with Gasteiger partial charge in [-0.15, -0.1) is 0 Å². The molecule has 0 amide bonds. The summed E-state index contributed by atoms with van der Waals surface area (Å²) in [5.41, 5.74) is 6.81. The maximum absolute atomic E-state index is 6.70. The van der Waals surface area contributed by atoms with E-state index < -0.39 is 0 Å². The summed E-state index contributed by atoms with van der Waals surface area (Å²) in [7, 11) is 0. The van der Waals surface area contributed by atoms with Crippen molar-refractivity contribution < 1.29 is 0 Å². The van der Waals surface area contributed by atoms with Gasteiger partial charge < -0.3 is 5.73 Å². The Hall–Kier alpha value is -0.0400. The summed E-state index contributed by atoms with van der Waals surface area (Å²) in [5.74, 6) is 3.02. The second-order valence-electron chi connectivity index (χ2n) is 6.57. The predicted octanol–water partition coefficient (Wildman–Crippen LogP) is 3.82. The van der Waals surface area contributed by atoms with Crippen LogP contribution in [-0.4, -0.2) is 5.54 Å². The van der Waals surface area contributed by atoms with Crippen LogP contribution in [0.25, 0.3) is 0 Å². The van der Waals surface area contributed by atoms with Crippen LogP contribution in [0.2, 0.25) is 0 Å². The van der Waals surface area contributed by atoms with Gasteiger partial charge in [0.05, 0.1) is 0 Å². The van der Waals surface area contributed by atoms with E-state index in [9.17, 15) is 0 Å². The van der Waals surface area contributed by atoms with Gasteiger partial charge in [-0.05, 0) is 42.9 Å². The smallest absolute Gasteiger partial charge is 0.0190 e. The van der Waals surface area contributed by atoms with Crippen molar-refractivity contribution in [1.29, 1.82) is 0 Å². The minimum Gasteiger partial charge on any atom is -0.325 e. The molecule has 0 saturated heterocycles. The van der Waals surface area contributed by atoms with Crippen LogP contribution in [0.15, 0.2) is 0 Å². The lowest BCUT2D eigenvalue weighted by Crippen LogP contribution is -2.53. The Balaban J connectivity index is 2.76. The summed E-state index contributed by atoms with van der Waals surface area (Å²) in [6.45, 7) is 11.6. The van der Waals surface area contributed by atoms with Crippen molar-refractivity contribution in [2.75, 3.05) is 0 Å². The Kier molecular flexibility index (Phi) is 4.22. The van der Waals surface area contributed by atoms with Crippen molar-refractivity contribution in [2.45, 2.75) is 65.8 Å². The average Bonchev–Trinajstić information content (AvgIpc) is 1.99. The van der Waals surface area contributed by atoms with Crippen molar-refractivity contribution in [1.82, 2.24) is 0 Å². The van der Waals surface area contributed by atoms with Crippen LogP contribution in [-0.2, 0) is 0 Å². The normalized spacial score (nSPS) is 37.6. The van der Waals surface area contributed by atoms with E-state index in [1.54, 1.807) is 0 Å². The molecule has 3 unspecified atom stereocenters. The Bertz CT molecular complexity index is 194.